The Bertz CT molecular complexity index is 1850. The number of hydrogen-bond acceptors (Lipinski definition) is 6. The van der Waals surface area contributed by atoms with E-state index in [9.17, 15) is 23.5 Å². The molecule has 0 saturated carbocycles. The van der Waals surface area contributed by atoms with E-state index < -0.39 is 35.9 Å². The molecule has 1 aliphatic heterocycles. The van der Waals surface area contributed by atoms with Crippen molar-refractivity contribution in [1.82, 2.24) is 28.7 Å². The van der Waals surface area contributed by atoms with Crippen molar-refractivity contribution in [3.05, 3.63) is 82.0 Å². The fraction of sp³-hybridized carbons (Fsp3) is 0.167. The number of ether oxygens (including phenoxy) is 1. The molecule has 3 aromatic heterocycles. The number of carboxylic acids is 1. The highest BCUT2D eigenvalue weighted by atomic mass is 19.1. The standard InChI is InChI=1S/C24H15F2N7O4/c1-27-13-2-3-16-18(8-13)32(11-29-16)23-28-9-19-22(30-23)33(24(36)31(19)10-20(34)35)17-4-5-37-21-14(17)6-12(25)7-15(21)26/h2-3,6-9,11,17H,4-5,10H2,(H,34,35). The van der Waals surface area contributed by atoms with E-state index in [4.69, 9.17) is 11.3 Å². The fourth-order valence-corrected chi connectivity index (χ4v) is 4.64. The molecule has 0 fully saturated rings. The predicted octanol–water partition coefficient (Wildman–Crippen LogP) is 3.22. The largest absolute Gasteiger partial charge is 0.490 e. The van der Waals surface area contributed by atoms with Gasteiger partial charge in [-0.25, -0.2) is 28.4 Å². The van der Waals surface area contributed by atoms with E-state index in [2.05, 4.69) is 19.8 Å². The van der Waals surface area contributed by atoms with Gasteiger partial charge in [-0.3, -0.25) is 18.5 Å². The Labute approximate surface area is 205 Å². The van der Waals surface area contributed by atoms with Crippen molar-refractivity contribution in [1.29, 1.82) is 0 Å². The molecule has 0 radical (unpaired) electrons. The second kappa shape index (κ2) is 8.23. The summed E-state index contributed by atoms with van der Waals surface area (Å²) in [6.07, 6.45) is 2.96. The number of halogens is 2. The molecule has 4 heterocycles. The van der Waals surface area contributed by atoms with E-state index >= 15 is 0 Å². The van der Waals surface area contributed by atoms with Crippen LogP contribution in [0.15, 0.2) is 47.7 Å². The van der Waals surface area contributed by atoms with E-state index in [1.807, 2.05) is 0 Å². The molecule has 1 aliphatic rings. The van der Waals surface area contributed by atoms with Crippen LogP contribution in [0.25, 0.3) is 33.0 Å². The molecule has 1 N–H and O–H groups in total. The Hall–Kier alpha value is -5.12. The molecule has 0 amide bonds. The minimum Gasteiger partial charge on any atom is -0.490 e. The zero-order chi connectivity index (χ0) is 25.8. The Morgan fingerprint density at radius 2 is 2.05 bits per heavy atom. The molecule has 0 aliphatic carbocycles. The zero-order valence-corrected chi connectivity index (χ0v) is 18.8. The second-order valence-corrected chi connectivity index (χ2v) is 8.37. The third kappa shape index (κ3) is 3.49. The highest BCUT2D eigenvalue weighted by Gasteiger charge is 2.31. The fourth-order valence-electron chi connectivity index (χ4n) is 4.64. The Kier molecular flexibility index (Phi) is 4.97. The second-order valence-electron chi connectivity index (χ2n) is 8.37. The van der Waals surface area contributed by atoms with Crippen molar-refractivity contribution in [3.63, 3.8) is 0 Å². The molecule has 37 heavy (non-hydrogen) atoms. The maximum absolute atomic E-state index is 14.5. The Morgan fingerprint density at radius 1 is 1.22 bits per heavy atom. The van der Waals surface area contributed by atoms with Crippen LogP contribution in [0.1, 0.15) is 18.0 Å². The summed E-state index contributed by atoms with van der Waals surface area (Å²) >= 11 is 0. The van der Waals surface area contributed by atoms with E-state index in [1.165, 1.54) is 21.7 Å². The quantitative estimate of drug-likeness (QED) is 0.374. The maximum Gasteiger partial charge on any atom is 0.331 e. The van der Waals surface area contributed by atoms with Gasteiger partial charge in [0.05, 0.1) is 36.5 Å². The normalized spacial score (nSPS) is 14.9. The van der Waals surface area contributed by atoms with Crippen LogP contribution in [0.5, 0.6) is 5.75 Å². The van der Waals surface area contributed by atoms with Gasteiger partial charge in [0.1, 0.15) is 24.2 Å². The number of rotatable bonds is 4. The summed E-state index contributed by atoms with van der Waals surface area (Å²) in [6.45, 7) is 6.66. The van der Waals surface area contributed by atoms with E-state index in [-0.39, 0.29) is 41.5 Å². The van der Waals surface area contributed by atoms with Crippen molar-refractivity contribution in [2.45, 2.75) is 19.0 Å². The smallest absolute Gasteiger partial charge is 0.331 e. The molecule has 11 nitrogen and oxygen atoms in total. The van der Waals surface area contributed by atoms with E-state index in [0.717, 1.165) is 10.6 Å². The molecule has 1 atom stereocenters. The van der Waals surface area contributed by atoms with Gasteiger partial charge >= 0.3 is 11.7 Å². The van der Waals surface area contributed by atoms with Gasteiger partial charge in [-0.05, 0) is 18.2 Å². The lowest BCUT2D eigenvalue weighted by molar-refractivity contribution is -0.137. The van der Waals surface area contributed by atoms with E-state index in [1.54, 1.807) is 18.2 Å². The summed E-state index contributed by atoms with van der Waals surface area (Å²) in [5.41, 5.74) is 1.10. The van der Waals surface area contributed by atoms with Crippen molar-refractivity contribution in [2.24, 2.45) is 0 Å². The zero-order valence-electron chi connectivity index (χ0n) is 18.8. The molecule has 0 spiro atoms. The molecule has 1 unspecified atom stereocenters. The molecular formula is C24H15F2N7O4. The highest BCUT2D eigenvalue weighted by Crippen LogP contribution is 2.38. The molecule has 2 aromatic carbocycles. The first kappa shape index (κ1) is 22.4. The molecule has 184 valence electrons. The summed E-state index contributed by atoms with van der Waals surface area (Å²) in [7, 11) is 0. The summed E-state index contributed by atoms with van der Waals surface area (Å²) in [6, 6.07) is 5.83. The predicted molar refractivity (Wildman–Crippen MR) is 125 cm³/mol. The number of fused-ring (bicyclic) bond motifs is 3. The average molecular weight is 503 g/mol. The molecule has 5 aromatic rings. The summed E-state index contributed by atoms with van der Waals surface area (Å²) in [4.78, 5) is 41.7. The number of carbonyl (C=O) groups is 1. The van der Waals surface area contributed by atoms with Crippen LogP contribution in [-0.4, -0.2) is 46.3 Å². The number of aliphatic carboxylic acids is 1. The molecule has 6 rings (SSSR count). The topological polar surface area (TPSA) is 121 Å². The lowest BCUT2D eigenvalue weighted by Crippen LogP contribution is -2.32. The van der Waals surface area contributed by atoms with Crippen molar-refractivity contribution >= 4 is 33.9 Å². The van der Waals surface area contributed by atoms with Crippen LogP contribution in [0, 0.1) is 18.2 Å². The monoisotopic (exact) mass is 503 g/mol. The molecule has 13 heteroatoms. The maximum atomic E-state index is 14.5. The molecule has 0 bridgehead atoms. The van der Waals surface area contributed by atoms with Gasteiger partial charge < -0.3 is 9.84 Å². The molecular weight excluding hydrogens is 488 g/mol. The first-order chi connectivity index (χ1) is 17.9. The van der Waals surface area contributed by atoms with Crippen molar-refractivity contribution < 1.29 is 23.4 Å². The van der Waals surface area contributed by atoms with Crippen molar-refractivity contribution in [2.75, 3.05) is 6.61 Å². The van der Waals surface area contributed by atoms with Gasteiger partial charge in [0, 0.05) is 18.1 Å². The summed E-state index contributed by atoms with van der Waals surface area (Å²) < 4.78 is 37.8. The lowest BCUT2D eigenvalue weighted by Gasteiger charge is -2.27. The molecule has 0 saturated heterocycles. The number of nitrogens with zero attached hydrogens (tertiary/aromatic N) is 7. The number of hydrogen-bond donors (Lipinski definition) is 1. The van der Waals surface area contributed by atoms with Crippen LogP contribution < -0.4 is 10.4 Å². The van der Waals surface area contributed by atoms with Gasteiger partial charge in [-0.1, -0.05) is 6.07 Å². The van der Waals surface area contributed by atoms with Crippen LogP contribution in [-0.2, 0) is 11.3 Å². The number of aromatic nitrogens is 6. The number of benzene rings is 2. The van der Waals surface area contributed by atoms with E-state index in [0.29, 0.717) is 22.8 Å². The van der Waals surface area contributed by atoms with Gasteiger partial charge in [-0.15, -0.1) is 0 Å². The average Bonchev–Trinajstić information content (AvgIpc) is 3.41. The van der Waals surface area contributed by atoms with Crippen LogP contribution >= 0.6 is 0 Å². The van der Waals surface area contributed by atoms with Gasteiger partial charge in [0.15, 0.2) is 22.9 Å². The lowest BCUT2D eigenvalue weighted by atomic mass is 10.00. The third-order valence-corrected chi connectivity index (χ3v) is 6.21. The van der Waals surface area contributed by atoms with Gasteiger partial charge in [-0.2, -0.15) is 4.98 Å². The Balaban J connectivity index is 1.62. The first-order valence-corrected chi connectivity index (χ1v) is 11.0. The van der Waals surface area contributed by atoms with Crippen LogP contribution in [0.3, 0.4) is 0 Å². The first-order valence-electron chi connectivity index (χ1n) is 11.0. The van der Waals surface area contributed by atoms with Gasteiger partial charge in [0.25, 0.3) is 0 Å². The van der Waals surface area contributed by atoms with Crippen molar-refractivity contribution in [3.8, 4) is 11.7 Å². The Morgan fingerprint density at radius 3 is 2.84 bits per heavy atom. The third-order valence-electron chi connectivity index (χ3n) is 6.21. The SMILES string of the molecule is [C-]#[N+]c1ccc2ncn(-c3ncc4c(n3)n(C3CCOc5c(F)cc(F)cc53)c(=O)n4CC(=O)O)c2c1. The number of carboxylic acid groups (broad SMARTS) is 1. The summed E-state index contributed by atoms with van der Waals surface area (Å²) in [5.74, 6) is -3.08. The minimum absolute atomic E-state index is 0.0434. The summed E-state index contributed by atoms with van der Waals surface area (Å²) in [5, 5.41) is 9.41. The number of imidazole rings is 2. The van der Waals surface area contributed by atoms with Crippen LogP contribution in [0.2, 0.25) is 0 Å². The highest BCUT2D eigenvalue weighted by molar-refractivity contribution is 5.81. The minimum atomic E-state index is -1.26. The van der Waals surface area contributed by atoms with Crippen LogP contribution in [0.4, 0.5) is 14.5 Å². The van der Waals surface area contributed by atoms with Gasteiger partial charge in [0.2, 0.25) is 5.95 Å².